The van der Waals surface area contributed by atoms with Crippen molar-refractivity contribution in [2.24, 2.45) is 10.9 Å². The Morgan fingerprint density at radius 3 is 2.39 bits per heavy atom. The number of nitrogens with one attached hydrogen (secondary N) is 2. The summed E-state index contributed by atoms with van der Waals surface area (Å²) in [5.74, 6) is -0.459. The third kappa shape index (κ3) is 6.26. The summed E-state index contributed by atoms with van der Waals surface area (Å²) in [6, 6.07) is 20.5. The van der Waals surface area contributed by atoms with Crippen LogP contribution in [0, 0.1) is 5.41 Å². The van der Waals surface area contributed by atoms with Crippen molar-refractivity contribution in [2.45, 2.75) is 17.2 Å². The second kappa shape index (κ2) is 10.4. The second-order valence-electron chi connectivity index (χ2n) is 7.56. The molecule has 0 bridgehead atoms. The normalized spacial score (nSPS) is 12.2. The molecule has 6 N–H and O–H groups in total. The number of rotatable bonds is 9. The van der Waals surface area contributed by atoms with E-state index in [1.807, 2.05) is 6.07 Å². The fraction of sp³-hybridized carbons (Fsp3) is 0.167. The van der Waals surface area contributed by atoms with Gasteiger partial charge in [0.05, 0.1) is 11.5 Å². The molecule has 0 spiro atoms. The minimum atomic E-state index is -3.87. The van der Waals surface area contributed by atoms with Gasteiger partial charge in [0, 0.05) is 36.3 Å². The van der Waals surface area contributed by atoms with Gasteiger partial charge < -0.3 is 15.8 Å². The Balaban J connectivity index is 1.74. The molecule has 0 aliphatic rings. The van der Waals surface area contributed by atoms with E-state index >= 15 is 0 Å². The van der Waals surface area contributed by atoms with Crippen molar-refractivity contribution >= 4 is 27.5 Å². The number of sulfonamides is 1. The van der Waals surface area contributed by atoms with Crippen LogP contribution in [-0.4, -0.2) is 33.9 Å². The van der Waals surface area contributed by atoms with Crippen LogP contribution in [0.1, 0.15) is 23.5 Å². The number of hydrogen-bond donors (Lipinski definition) is 4. The van der Waals surface area contributed by atoms with E-state index in [1.54, 1.807) is 67.8 Å². The zero-order chi connectivity index (χ0) is 24.0. The number of anilines is 1. The van der Waals surface area contributed by atoms with E-state index in [2.05, 4.69) is 5.32 Å². The minimum Gasteiger partial charge on any atom is -0.384 e. The number of amides is 1. The van der Waals surface area contributed by atoms with E-state index in [-0.39, 0.29) is 29.0 Å². The van der Waals surface area contributed by atoms with Crippen molar-refractivity contribution in [3.63, 3.8) is 0 Å². The van der Waals surface area contributed by atoms with Gasteiger partial charge in [-0.3, -0.25) is 10.2 Å². The molecule has 172 valence electrons. The van der Waals surface area contributed by atoms with Gasteiger partial charge >= 0.3 is 0 Å². The molecular weight excluding hydrogens is 440 g/mol. The lowest BCUT2D eigenvalue weighted by atomic mass is 9.94. The zero-order valence-corrected chi connectivity index (χ0v) is 18.9. The summed E-state index contributed by atoms with van der Waals surface area (Å²) in [5, 5.41) is 15.8. The molecule has 0 saturated carbocycles. The molecule has 0 radical (unpaired) electrons. The highest BCUT2D eigenvalue weighted by atomic mass is 32.2. The average Bonchev–Trinajstić information content (AvgIpc) is 2.79. The zero-order valence-electron chi connectivity index (χ0n) is 18.1. The lowest BCUT2D eigenvalue weighted by molar-refractivity contribution is -0.116. The number of ether oxygens (including phenoxy) is 1. The quantitative estimate of drug-likeness (QED) is 0.282. The lowest BCUT2D eigenvalue weighted by Crippen LogP contribution is -2.19. The Bertz CT molecular complexity index is 1260. The Morgan fingerprint density at radius 1 is 1.06 bits per heavy atom. The SMILES string of the molecule is COCC(CC(=O)Nc1ccc(-c2ccccc2S(N)(=O)=O)cc1)c1cccc(C(=N)N)c1. The van der Waals surface area contributed by atoms with E-state index in [4.69, 9.17) is 21.0 Å². The molecular formula is C24H26N4O4S. The van der Waals surface area contributed by atoms with Gasteiger partial charge in [0.25, 0.3) is 0 Å². The van der Waals surface area contributed by atoms with Crippen molar-refractivity contribution in [1.29, 1.82) is 5.41 Å². The molecule has 0 heterocycles. The number of nitrogens with two attached hydrogens (primary N) is 2. The van der Waals surface area contributed by atoms with Gasteiger partial charge in [-0.2, -0.15) is 0 Å². The van der Waals surface area contributed by atoms with Gasteiger partial charge in [-0.15, -0.1) is 0 Å². The Morgan fingerprint density at radius 2 is 1.76 bits per heavy atom. The number of methoxy groups -OCH3 is 1. The predicted molar refractivity (Wildman–Crippen MR) is 129 cm³/mol. The smallest absolute Gasteiger partial charge is 0.238 e. The molecule has 3 aromatic carbocycles. The summed E-state index contributed by atoms with van der Waals surface area (Å²) < 4.78 is 29.0. The first-order valence-corrected chi connectivity index (χ1v) is 11.7. The Hall–Kier alpha value is -3.53. The Labute approximate surface area is 193 Å². The van der Waals surface area contributed by atoms with Crippen LogP contribution in [0.5, 0.6) is 0 Å². The number of hydrogen-bond acceptors (Lipinski definition) is 5. The van der Waals surface area contributed by atoms with Crippen LogP contribution in [0.4, 0.5) is 5.69 Å². The summed E-state index contributed by atoms with van der Waals surface area (Å²) in [7, 11) is -2.30. The van der Waals surface area contributed by atoms with Crippen LogP contribution in [0.2, 0.25) is 0 Å². The molecule has 9 heteroatoms. The number of nitrogen functional groups attached to an aromatic ring is 1. The first-order valence-electron chi connectivity index (χ1n) is 10.1. The van der Waals surface area contributed by atoms with Gasteiger partial charge in [-0.25, -0.2) is 13.6 Å². The van der Waals surface area contributed by atoms with Crippen LogP contribution in [-0.2, 0) is 19.6 Å². The van der Waals surface area contributed by atoms with Crippen LogP contribution in [0.15, 0.2) is 77.7 Å². The van der Waals surface area contributed by atoms with Crippen LogP contribution < -0.4 is 16.2 Å². The van der Waals surface area contributed by atoms with E-state index in [0.717, 1.165) is 5.56 Å². The summed E-state index contributed by atoms with van der Waals surface area (Å²) in [6.07, 6.45) is 0.172. The summed E-state index contributed by atoms with van der Waals surface area (Å²) in [5.41, 5.74) is 8.75. The first-order chi connectivity index (χ1) is 15.7. The highest BCUT2D eigenvalue weighted by molar-refractivity contribution is 7.89. The molecule has 0 aromatic heterocycles. The third-order valence-electron chi connectivity index (χ3n) is 5.14. The average molecular weight is 467 g/mol. The maximum absolute atomic E-state index is 12.7. The topological polar surface area (TPSA) is 148 Å². The van der Waals surface area contributed by atoms with Crippen molar-refractivity contribution < 1.29 is 17.9 Å². The number of carbonyl (C=O) groups excluding carboxylic acids is 1. The van der Waals surface area contributed by atoms with E-state index in [1.165, 1.54) is 6.07 Å². The van der Waals surface area contributed by atoms with E-state index in [0.29, 0.717) is 29.0 Å². The number of amidine groups is 1. The second-order valence-corrected chi connectivity index (χ2v) is 9.09. The molecule has 8 nitrogen and oxygen atoms in total. The van der Waals surface area contributed by atoms with Gasteiger partial charge in [0.2, 0.25) is 15.9 Å². The number of benzene rings is 3. The minimum absolute atomic E-state index is 0.0389. The molecule has 3 rings (SSSR count). The fourth-order valence-electron chi connectivity index (χ4n) is 3.56. The molecule has 0 aliphatic heterocycles. The Kier molecular flexibility index (Phi) is 7.59. The van der Waals surface area contributed by atoms with Crippen molar-refractivity contribution in [3.8, 4) is 11.1 Å². The highest BCUT2D eigenvalue weighted by Crippen LogP contribution is 2.28. The number of carbonyl (C=O) groups is 1. The van der Waals surface area contributed by atoms with Crippen LogP contribution in [0.25, 0.3) is 11.1 Å². The standard InChI is InChI=1S/C24H26N4O4S/c1-32-15-19(17-5-4-6-18(13-17)24(25)26)14-23(29)28-20-11-9-16(10-12-20)21-7-2-3-8-22(21)33(27,30)31/h2-13,19H,14-15H2,1H3,(H3,25,26)(H,28,29)(H2,27,30,31). The van der Waals surface area contributed by atoms with Crippen molar-refractivity contribution in [1.82, 2.24) is 0 Å². The molecule has 0 fully saturated rings. The first kappa shape index (κ1) is 24.1. The molecule has 33 heavy (non-hydrogen) atoms. The van der Waals surface area contributed by atoms with E-state index < -0.39 is 10.0 Å². The fourth-order valence-corrected chi connectivity index (χ4v) is 4.32. The van der Waals surface area contributed by atoms with Gasteiger partial charge in [-0.1, -0.05) is 48.5 Å². The van der Waals surface area contributed by atoms with Gasteiger partial charge in [0.15, 0.2) is 0 Å². The summed E-state index contributed by atoms with van der Waals surface area (Å²) in [4.78, 5) is 12.7. The molecule has 0 saturated heterocycles. The van der Waals surface area contributed by atoms with Gasteiger partial charge in [0.1, 0.15) is 5.84 Å². The van der Waals surface area contributed by atoms with Crippen molar-refractivity contribution in [3.05, 3.63) is 83.9 Å². The number of primary sulfonamides is 1. The van der Waals surface area contributed by atoms with E-state index in [9.17, 15) is 13.2 Å². The summed E-state index contributed by atoms with van der Waals surface area (Å²) in [6.45, 7) is 0.331. The van der Waals surface area contributed by atoms with Crippen LogP contribution in [0.3, 0.4) is 0 Å². The largest absolute Gasteiger partial charge is 0.384 e. The van der Waals surface area contributed by atoms with Crippen LogP contribution >= 0.6 is 0 Å². The maximum atomic E-state index is 12.7. The molecule has 1 atom stereocenters. The van der Waals surface area contributed by atoms with Crippen molar-refractivity contribution in [2.75, 3.05) is 19.0 Å². The predicted octanol–water partition coefficient (Wildman–Crippen LogP) is 3.04. The molecule has 1 unspecified atom stereocenters. The molecule has 1 amide bonds. The monoisotopic (exact) mass is 466 g/mol. The lowest BCUT2D eigenvalue weighted by Gasteiger charge is -2.17. The highest BCUT2D eigenvalue weighted by Gasteiger charge is 2.18. The molecule has 0 aliphatic carbocycles. The maximum Gasteiger partial charge on any atom is 0.238 e. The third-order valence-corrected chi connectivity index (χ3v) is 6.11. The molecule has 3 aromatic rings. The van der Waals surface area contributed by atoms with Gasteiger partial charge in [-0.05, 0) is 35.4 Å². The summed E-state index contributed by atoms with van der Waals surface area (Å²) >= 11 is 0.